The van der Waals surface area contributed by atoms with Crippen molar-refractivity contribution in [2.24, 2.45) is 0 Å². The van der Waals surface area contributed by atoms with Crippen LogP contribution in [0, 0.1) is 10.1 Å². The van der Waals surface area contributed by atoms with Crippen molar-refractivity contribution >= 4 is 35.0 Å². The monoisotopic (exact) mass is 415 g/mol. The number of nitro groups is 1. The van der Waals surface area contributed by atoms with E-state index in [9.17, 15) is 19.7 Å². The highest BCUT2D eigenvalue weighted by Gasteiger charge is 2.19. The van der Waals surface area contributed by atoms with Crippen LogP contribution in [0.1, 0.15) is 22.8 Å². The average Bonchev–Trinajstić information content (AvgIpc) is 2.79. The highest BCUT2D eigenvalue weighted by molar-refractivity contribution is 6.12. The van der Waals surface area contributed by atoms with Gasteiger partial charge in [0.25, 0.3) is 11.6 Å². The molecular weight excluding hydrogens is 394 g/mol. The van der Waals surface area contributed by atoms with Crippen molar-refractivity contribution in [2.75, 3.05) is 16.8 Å². The molecule has 7 heteroatoms. The number of carbonyl (C=O) groups excluding carboxylic acids is 2. The van der Waals surface area contributed by atoms with Crippen molar-refractivity contribution in [1.29, 1.82) is 0 Å². The Labute approximate surface area is 179 Å². The lowest BCUT2D eigenvalue weighted by atomic mass is 10.1. The second-order valence-electron chi connectivity index (χ2n) is 6.60. The first-order valence-electron chi connectivity index (χ1n) is 9.69. The van der Waals surface area contributed by atoms with Gasteiger partial charge in [-0.05, 0) is 55.0 Å². The first-order chi connectivity index (χ1) is 15.0. The molecule has 156 valence electrons. The topological polar surface area (TPSA) is 92.6 Å². The maximum absolute atomic E-state index is 13.1. The van der Waals surface area contributed by atoms with E-state index in [1.54, 1.807) is 47.4 Å². The van der Waals surface area contributed by atoms with Crippen LogP contribution in [-0.2, 0) is 4.79 Å². The summed E-state index contributed by atoms with van der Waals surface area (Å²) in [5, 5.41) is 13.5. The second kappa shape index (κ2) is 9.98. The van der Waals surface area contributed by atoms with Gasteiger partial charge < -0.3 is 10.2 Å². The Morgan fingerprint density at radius 2 is 1.61 bits per heavy atom. The van der Waals surface area contributed by atoms with Gasteiger partial charge in [0.05, 0.1) is 16.2 Å². The molecule has 0 radical (unpaired) electrons. The van der Waals surface area contributed by atoms with Gasteiger partial charge in [-0.25, -0.2) is 0 Å². The molecule has 0 aliphatic rings. The smallest absolute Gasteiger partial charge is 0.269 e. The Morgan fingerprint density at radius 1 is 0.968 bits per heavy atom. The molecule has 3 rings (SSSR count). The minimum atomic E-state index is -0.483. The zero-order valence-corrected chi connectivity index (χ0v) is 16.9. The third-order valence-corrected chi connectivity index (χ3v) is 4.58. The summed E-state index contributed by atoms with van der Waals surface area (Å²) in [5.41, 5.74) is 2.18. The largest absolute Gasteiger partial charge is 0.322 e. The van der Waals surface area contributed by atoms with E-state index >= 15 is 0 Å². The van der Waals surface area contributed by atoms with Crippen LogP contribution in [0.15, 0.2) is 84.9 Å². The first kappa shape index (κ1) is 21.4. The van der Waals surface area contributed by atoms with E-state index in [0.29, 0.717) is 23.4 Å². The maximum Gasteiger partial charge on any atom is 0.269 e. The highest BCUT2D eigenvalue weighted by Crippen LogP contribution is 2.22. The Hall–Kier alpha value is -4.26. The van der Waals surface area contributed by atoms with Crippen LogP contribution >= 0.6 is 0 Å². The number of nitrogens with one attached hydrogen (secondary N) is 1. The zero-order chi connectivity index (χ0) is 22.2. The van der Waals surface area contributed by atoms with Crippen LogP contribution in [0.5, 0.6) is 0 Å². The average molecular weight is 415 g/mol. The molecule has 0 unspecified atom stereocenters. The van der Waals surface area contributed by atoms with E-state index in [1.165, 1.54) is 18.2 Å². The molecule has 0 fully saturated rings. The van der Waals surface area contributed by atoms with E-state index in [-0.39, 0.29) is 11.6 Å². The predicted molar refractivity (Wildman–Crippen MR) is 121 cm³/mol. The van der Waals surface area contributed by atoms with Gasteiger partial charge in [-0.3, -0.25) is 19.7 Å². The molecule has 0 heterocycles. The van der Waals surface area contributed by atoms with Crippen molar-refractivity contribution in [3.05, 3.63) is 106 Å². The summed E-state index contributed by atoms with van der Waals surface area (Å²) in [6, 6.07) is 22.0. The minimum absolute atomic E-state index is 0.0204. The van der Waals surface area contributed by atoms with Crippen LogP contribution in [0.3, 0.4) is 0 Å². The summed E-state index contributed by atoms with van der Waals surface area (Å²) in [6.45, 7) is 2.37. The number of hydrogen-bond acceptors (Lipinski definition) is 4. The number of para-hydroxylation sites is 2. The molecule has 7 nitrogen and oxygen atoms in total. The second-order valence-corrected chi connectivity index (χ2v) is 6.60. The van der Waals surface area contributed by atoms with Crippen molar-refractivity contribution < 1.29 is 14.5 Å². The van der Waals surface area contributed by atoms with Crippen LogP contribution < -0.4 is 10.2 Å². The predicted octanol–water partition coefficient (Wildman–Crippen LogP) is 4.91. The summed E-state index contributed by atoms with van der Waals surface area (Å²) in [5.74, 6) is -0.634. The van der Waals surface area contributed by atoms with Gasteiger partial charge in [0.15, 0.2) is 0 Å². The molecule has 1 N–H and O–H groups in total. The Bertz CT molecular complexity index is 1110. The Morgan fingerprint density at radius 3 is 2.26 bits per heavy atom. The molecule has 0 spiro atoms. The number of rotatable bonds is 7. The fourth-order valence-electron chi connectivity index (χ4n) is 3.03. The molecule has 0 bridgehead atoms. The Balaban J connectivity index is 1.76. The van der Waals surface area contributed by atoms with Crippen LogP contribution in [0.25, 0.3) is 6.08 Å². The summed E-state index contributed by atoms with van der Waals surface area (Å²) in [7, 11) is 0. The van der Waals surface area contributed by atoms with Crippen molar-refractivity contribution in [3.63, 3.8) is 0 Å². The van der Waals surface area contributed by atoms with Gasteiger partial charge in [0.1, 0.15) is 0 Å². The minimum Gasteiger partial charge on any atom is -0.322 e. The highest BCUT2D eigenvalue weighted by atomic mass is 16.6. The molecular formula is C24H21N3O4. The maximum atomic E-state index is 13.1. The molecule has 0 atom stereocenters. The summed E-state index contributed by atoms with van der Waals surface area (Å²) in [6.07, 6.45) is 2.86. The number of non-ortho nitro benzene ring substituents is 1. The lowest BCUT2D eigenvalue weighted by Gasteiger charge is -2.22. The molecule has 31 heavy (non-hydrogen) atoms. The fourth-order valence-corrected chi connectivity index (χ4v) is 3.03. The number of nitrogens with zero attached hydrogens (tertiary/aromatic N) is 2. The van der Waals surface area contributed by atoms with E-state index in [4.69, 9.17) is 0 Å². The quantitative estimate of drug-likeness (QED) is 0.337. The molecule has 0 aliphatic heterocycles. The van der Waals surface area contributed by atoms with Crippen LogP contribution in [0.4, 0.5) is 17.1 Å². The number of anilines is 2. The van der Waals surface area contributed by atoms with Gasteiger partial charge in [0.2, 0.25) is 5.91 Å². The van der Waals surface area contributed by atoms with Crippen molar-refractivity contribution in [1.82, 2.24) is 0 Å². The standard InChI is InChI=1S/C24H21N3O4/c1-2-26(19-8-4-3-5-9-19)24(29)21-10-6-7-11-22(21)25-23(28)17-14-18-12-15-20(16-13-18)27(30)31/h3-17H,2H2,1H3,(H,25,28)/b17-14+. The number of carbonyl (C=O) groups is 2. The SMILES string of the molecule is CCN(C(=O)c1ccccc1NC(=O)/C=C/c1ccc([N+](=O)[O-])cc1)c1ccccc1. The number of hydrogen-bond donors (Lipinski definition) is 1. The summed E-state index contributed by atoms with van der Waals surface area (Å²) < 4.78 is 0. The number of amides is 2. The summed E-state index contributed by atoms with van der Waals surface area (Å²) >= 11 is 0. The molecule has 3 aromatic rings. The molecule has 0 aliphatic carbocycles. The van der Waals surface area contributed by atoms with Gasteiger partial charge in [-0.15, -0.1) is 0 Å². The summed E-state index contributed by atoms with van der Waals surface area (Å²) in [4.78, 5) is 37.4. The fraction of sp³-hybridized carbons (Fsp3) is 0.0833. The normalized spacial score (nSPS) is 10.6. The molecule has 0 saturated carbocycles. The van der Waals surface area contributed by atoms with E-state index < -0.39 is 10.8 Å². The van der Waals surface area contributed by atoms with Gasteiger partial charge in [-0.2, -0.15) is 0 Å². The van der Waals surface area contributed by atoms with Crippen molar-refractivity contribution in [3.8, 4) is 0 Å². The molecule has 0 saturated heterocycles. The molecule has 0 aromatic heterocycles. The van der Waals surface area contributed by atoms with Gasteiger partial charge >= 0.3 is 0 Å². The lowest BCUT2D eigenvalue weighted by Crippen LogP contribution is -2.31. The van der Waals surface area contributed by atoms with E-state index in [2.05, 4.69) is 5.32 Å². The van der Waals surface area contributed by atoms with E-state index in [0.717, 1.165) is 5.69 Å². The third kappa shape index (κ3) is 5.42. The molecule has 2 amide bonds. The van der Waals surface area contributed by atoms with Crippen molar-refractivity contribution in [2.45, 2.75) is 6.92 Å². The number of nitro benzene ring substituents is 1. The lowest BCUT2D eigenvalue weighted by molar-refractivity contribution is -0.384. The zero-order valence-electron chi connectivity index (χ0n) is 16.9. The third-order valence-electron chi connectivity index (χ3n) is 4.58. The molecule has 3 aromatic carbocycles. The first-order valence-corrected chi connectivity index (χ1v) is 9.69. The Kier molecular flexibility index (Phi) is 6.90. The van der Waals surface area contributed by atoms with Crippen LogP contribution in [-0.4, -0.2) is 23.3 Å². The van der Waals surface area contributed by atoms with Crippen LogP contribution in [0.2, 0.25) is 0 Å². The van der Waals surface area contributed by atoms with E-state index in [1.807, 2.05) is 37.3 Å². The number of benzene rings is 3. The van der Waals surface area contributed by atoms with Gasteiger partial charge in [-0.1, -0.05) is 30.3 Å². The van der Waals surface area contributed by atoms with Gasteiger partial charge in [0, 0.05) is 30.4 Å².